The molecule has 9 heteroatoms. The molecule has 0 aliphatic rings. The quantitative estimate of drug-likeness (QED) is 0.329. The van der Waals surface area contributed by atoms with Gasteiger partial charge in [0.15, 0.2) is 0 Å². The highest BCUT2D eigenvalue weighted by Gasteiger charge is 2.29. The number of carbonyl (C=O) groups excluding carboxylic acids is 3. The van der Waals surface area contributed by atoms with Crippen LogP contribution in [0.25, 0.3) is 0 Å². The van der Waals surface area contributed by atoms with E-state index in [4.69, 9.17) is 11.5 Å². The Balaban J connectivity index is 5.05. The summed E-state index contributed by atoms with van der Waals surface area (Å²) in [4.78, 5) is 46.8. The van der Waals surface area contributed by atoms with Gasteiger partial charge in [0.25, 0.3) is 0 Å². The first-order valence-corrected chi connectivity index (χ1v) is 8.31. The van der Waals surface area contributed by atoms with Crippen LogP contribution in [-0.4, -0.2) is 46.9 Å². The van der Waals surface area contributed by atoms with Gasteiger partial charge in [-0.2, -0.15) is 0 Å². The van der Waals surface area contributed by atoms with Gasteiger partial charge in [-0.25, -0.2) is 4.79 Å². The molecule has 0 radical (unpaired) electrons. The van der Waals surface area contributed by atoms with Crippen LogP contribution in [0.4, 0.5) is 0 Å². The van der Waals surface area contributed by atoms with Crippen molar-refractivity contribution in [2.75, 3.05) is 0 Å². The van der Waals surface area contributed by atoms with Crippen LogP contribution in [0.2, 0.25) is 0 Å². The number of aliphatic carboxylic acids is 1. The monoisotopic (exact) mass is 358 g/mol. The SMILES string of the molecule is CC(C)C[C@H](NC(=O)[C@H](CC(N)=O)NC(=O)[C@@H](N)CC(C)C)C(=O)O. The van der Waals surface area contributed by atoms with Crippen LogP contribution in [0.3, 0.4) is 0 Å². The summed E-state index contributed by atoms with van der Waals surface area (Å²) in [5.41, 5.74) is 10.9. The zero-order valence-electron chi connectivity index (χ0n) is 15.2. The maximum atomic E-state index is 12.3. The average molecular weight is 358 g/mol. The molecule has 144 valence electrons. The van der Waals surface area contributed by atoms with E-state index in [-0.39, 0.29) is 18.3 Å². The summed E-state index contributed by atoms with van der Waals surface area (Å²) in [5, 5.41) is 13.9. The van der Waals surface area contributed by atoms with E-state index in [0.717, 1.165) is 0 Å². The molecule has 0 spiro atoms. The number of carboxylic acids is 1. The second-order valence-electron chi connectivity index (χ2n) is 7.00. The summed E-state index contributed by atoms with van der Waals surface area (Å²) in [5.74, 6) is -3.16. The number of hydrogen-bond donors (Lipinski definition) is 5. The van der Waals surface area contributed by atoms with Crippen LogP contribution >= 0.6 is 0 Å². The minimum Gasteiger partial charge on any atom is -0.480 e. The number of hydrogen-bond acceptors (Lipinski definition) is 5. The van der Waals surface area contributed by atoms with Crippen molar-refractivity contribution in [3.05, 3.63) is 0 Å². The molecular weight excluding hydrogens is 328 g/mol. The van der Waals surface area contributed by atoms with E-state index in [1.807, 2.05) is 27.7 Å². The predicted molar refractivity (Wildman–Crippen MR) is 92.2 cm³/mol. The molecule has 0 aromatic carbocycles. The molecule has 0 rings (SSSR count). The second kappa shape index (κ2) is 10.7. The zero-order chi connectivity index (χ0) is 19.7. The number of nitrogens with two attached hydrogens (primary N) is 2. The molecule has 0 fully saturated rings. The van der Waals surface area contributed by atoms with E-state index < -0.39 is 48.2 Å². The lowest BCUT2D eigenvalue weighted by Gasteiger charge is -2.23. The zero-order valence-corrected chi connectivity index (χ0v) is 15.2. The fraction of sp³-hybridized carbons (Fsp3) is 0.750. The number of carbonyl (C=O) groups is 4. The topological polar surface area (TPSA) is 165 Å². The summed E-state index contributed by atoms with van der Waals surface area (Å²) in [6.45, 7) is 7.42. The molecule has 0 unspecified atom stereocenters. The first-order valence-electron chi connectivity index (χ1n) is 8.31. The molecule has 0 aromatic rings. The largest absolute Gasteiger partial charge is 0.480 e. The first kappa shape index (κ1) is 22.8. The van der Waals surface area contributed by atoms with E-state index in [0.29, 0.717) is 6.42 Å². The fourth-order valence-corrected chi connectivity index (χ4v) is 2.27. The number of primary amides is 1. The van der Waals surface area contributed by atoms with Gasteiger partial charge >= 0.3 is 5.97 Å². The Labute approximate surface area is 147 Å². The van der Waals surface area contributed by atoms with Crippen molar-refractivity contribution in [1.82, 2.24) is 10.6 Å². The third-order valence-corrected chi connectivity index (χ3v) is 3.42. The number of rotatable bonds is 11. The molecule has 3 atom stereocenters. The lowest BCUT2D eigenvalue weighted by atomic mass is 10.0. The van der Waals surface area contributed by atoms with Crippen LogP contribution < -0.4 is 22.1 Å². The average Bonchev–Trinajstić information content (AvgIpc) is 2.43. The number of amides is 3. The van der Waals surface area contributed by atoms with Crippen molar-refractivity contribution in [1.29, 1.82) is 0 Å². The Morgan fingerprint density at radius 2 is 1.36 bits per heavy atom. The standard InChI is InChI=1S/C16H30N4O5/c1-8(2)5-10(17)14(22)19-11(7-13(18)21)15(23)20-12(16(24)25)6-9(3)4/h8-12H,5-7,17H2,1-4H3,(H2,18,21)(H,19,22)(H,20,23)(H,24,25)/t10-,11-,12-/m0/s1. The van der Waals surface area contributed by atoms with Crippen LogP contribution in [0.1, 0.15) is 47.0 Å². The molecule has 7 N–H and O–H groups in total. The van der Waals surface area contributed by atoms with Gasteiger partial charge in [-0.05, 0) is 24.7 Å². The molecule has 25 heavy (non-hydrogen) atoms. The van der Waals surface area contributed by atoms with Crippen molar-refractivity contribution < 1.29 is 24.3 Å². The van der Waals surface area contributed by atoms with Gasteiger partial charge in [-0.15, -0.1) is 0 Å². The van der Waals surface area contributed by atoms with Gasteiger partial charge in [-0.1, -0.05) is 27.7 Å². The molecule has 0 saturated carbocycles. The molecule has 0 aromatic heterocycles. The van der Waals surface area contributed by atoms with E-state index in [1.165, 1.54) is 0 Å². The first-order chi connectivity index (χ1) is 11.4. The third kappa shape index (κ3) is 9.65. The molecule has 0 heterocycles. The van der Waals surface area contributed by atoms with Crippen molar-refractivity contribution in [2.24, 2.45) is 23.3 Å². The summed E-state index contributed by atoms with van der Waals surface area (Å²) in [6.07, 6.45) is 0.174. The Kier molecular flexibility index (Phi) is 9.73. The van der Waals surface area contributed by atoms with Crippen LogP contribution in [-0.2, 0) is 19.2 Å². The molecule has 0 saturated heterocycles. The summed E-state index contributed by atoms with van der Waals surface area (Å²) < 4.78 is 0. The van der Waals surface area contributed by atoms with Gasteiger partial charge in [0.1, 0.15) is 12.1 Å². The van der Waals surface area contributed by atoms with Gasteiger partial charge in [0, 0.05) is 0 Å². The van der Waals surface area contributed by atoms with Crippen LogP contribution in [0.5, 0.6) is 0 Å². The van der Waals surface area contributed by atoms with Crippen molar-refractivity contribution in [2.45, 2.75) is 65.1 Å². The van der Waals surface area contributed by atoms with Crippen LogP contribution in [0, 0.1) is 11.8 Å². The summed E-state index contributed by atoms with van der Waals surface area (Å²) in [7, 11) is 0. The normalized spacial score (nSPS) is 14.7. The maximum Gasteiger partial charge on any atom is 0.326 e. The van der Waals surface area contributed by atoms with Gasteiger partial charge in [0.05, 0.1) is 12.5 Å². The van der Waals surface area contributed by atoms with E-state index in [9.17, 15) is 24.3 Å². The van der Waals surface area contributed by atoms with Crippen molar-refractivity contribution in [3.63, 3.8) is 0 Å². The predicted octanol–water partition coefficient (Wildman–Crippen LogP) is -0.664. The number of carboxylic acid groups (broad SMARTS) is 1. The minimum atomic E-state index is -1.27. The molecule has 0 aliphatic carbocycles. The Morgan fingerprint density at radius 1 is 0.880 bits per heavy atom. The third-order valence-electron chi connectivity index (χ3n) is 3.42. The highest BCUT2D eigenvalue weighted by molar-refractivity contribution is 5.94. The highest BCUT2D eigenvalue weighted by atomic mass is 16.4. The maximum absolute atomic E-state index is 12.3. The van der Waals surface area contributed by atoms with Gasteiger partial charge in [0.2, 0.25) is 17.7 Å². The fourth-order valence-electron chi connectivity index (χ4n) is 2.27. The van der Waals surface area contributed by atoms with E-state index >= 15 is 0 Å². The number of nitrogens with one attached hydrogen (secondary N) is 2. The Bertz CT molecular complexity index is 493. The molecule has 0 bridgehead atoms. The Hall–Kier alpha value is -2.16. The van der Waals surface area contributed by atoms with Gasteiger partial charge in [-0.3, -0.25) is 14.4 Å². The summed E-state index contributed by atoms with van der Waals surface area (Å²) >= 11 is 0. The van der Waals surface area contributed by atoms with Crippen molar-refractivity contribution in [3.8, 4) is 0 Å². The lowest BCUT2D eigenvalue weighted by Crippen LogP contribution is -2.55. The van der Waals surface area contributed by atoms with Gasteiger partial charge < -0.3 is 27.2 Å². The van der Waals surface area contributed by atoms with E-state index in [2.05, 4.69) is 10.6 Å². The smallest absolute Gasteiger partial charge is 0.326 e. The Morgan fingerprint density at radius 3 is 1.76 bits per heavy atom. The lowest BCUT2D eigenvalue weighted by molar-refractivity contribution is -0.142. The second-order valence-corrected chi connectivity index (χ2v) is 7.00. The highest BCUT2D eigenvalue weighted by Crippen LogP contribution is 2.07. The minimum absolute atomic E-state index is 0.0324. The molecular formula is C16H30N4O5. The molecule has 0 aliphatic heterocycles. The van der Waals surface area contributed by atoms with Crippen molar-refractivity contribution >= 4 is 23.7 Å². The molecule has 3 amide bonds. The van der Waals surface area contributed by atoms with E-state index in [1.54, 1.807) is 0 Å². The molecule has 9 nitrogen and oxygen atoms in total. The summed E-state index contributed by atoms with van der Waals surface area (Å²) in [6, 6.07) is -3.23. The van der Waals surface area contributed by atoms with Crippen LogP contribution in [0.15, 0.2) is 0 Å².